The minimum Gasteiger partial charge on any atom is -0.481 e. The molecular weight excluding hydrogens is 593 g/mol. The number of hydrogen-bond acceptors (Lipinski definition) is 6. The van der Waals surface area contributed by atoms with Crippen molar-refractivity contribution < 1.29 is 19.8 Å². The number of carbonyl (C=O) groups is 2. The van der Waals surface area contributed by atoms with Crippen molar-refractivity contribution in [2.24, 2.45) is 0 Å². The third-order valence-electron chi connectivity index (χ3n) is 8.47. The van der Waals surface area contributed by atoms with Crippen molar-refractivity contribution in [3.63, 3.8) is 0 Å². The van der Waals surface area contributed by atoms with Gasteiger partial charge in [0.1, 0.15) is 0 Å². The van der Waals surface area contributed by atoms with E-state index >= 15 is 0 Å². The first kappa shape index (κ1) is 31.4. The van der Waals surface area contributed by atoms with Crippen LogP contribution in [0, 0.1) is 13.8 Å². The number of nitrogens with one attached hydrogen (secondary N) is 2. The second-order valence-electron chi connectivity index (χ2n) is 11.4. The van der Waals surface area contributed by atoms with Crippen molar-refractivity contribution in [2.45, 2.75) is 65.6 Å². The Morgan fingerprint density at radius 3 is 1.73 bits per heavy atom. The summed E-state index contributed by atoms with van der Waals surface area (Å²) in [7, 11) is 0. The predicted octanol–water partition coefficient (Wildman–Crippen LogP) is 8.41. The number of aliphatic carboxylic acids is 2. The van der Waals surface area contributed by atoms with Crippen LogP contribution in [0.25, 0.3) is 49.3 Å². The molecule has 3 aromatic rings. The Morgan fingerprint density at radius 1 is 0.773 bits per heavy atom. The highest BCUT2D eigenvalue weighted by Gasteiger charge is 2.23. The number of allylic oxidation sites excluding steroid dienone is 4. The SMILES string of the molecule is C=C(S)c1c(C)c2cc3[nH]c(cc4nc(cc5nc(cc1[nH]2)C(C)=C5CCC(=O)O)C(CCC(=O)O)=C4C)c(C)c3C(C)S. The van der Waals surface area contributed by atoms with Crippen molar-refractivity contribution in [1.82, 2.24) is 19.9 Å². The highest BCUT2D eigenvalue weighted by atomic mass is 32.1. The molecule has 1 atom stereocenters. The van der Waals surface area contributed by atoms with Gasteiger partial charge in [-0.25, -0.2) is 9.97 Å². The van der Waals surface area contributed by atoms with Crippen molar-refractivity contribution in [1.29, 1.82) is 0 Å². The molecule has 0 radical (unpaired) electrons. The molecule has 0 saturated heterocycles. The Labute approximate surface area is 266 Å². The Bertz CT molecular complexity index is 1980. The van der Waals surface area contributed by atoms with Crippen LogP contribution in [-0.4, -0.2) is 42.1 Å². The average molecular weight is 629 g/mol. The minimum atomic E-state index is -0.897. The van der Waals surface area contributed by atoms with Crippen LogP contribution in [-0.2, 0) is 9.59 Å². The van der Waals surface area contributed by atoms with Gasteiger partial charge >= 0.3 is 11.9 Å². The molecule has 0 spiro atoms. The fourth-order valence-corrected chi connectivity index (χ4v) is 6.75. The van der Waals surface area contributed by atoms with E-state index in [1.54, 1.807) is 0 Å². The molecule has 3 aromatic heterocycles. The molecule has 5 rings (SSSR count). The van der Waals surface area contributed by atoms with Crippen molar-refractivity contribution in [3.8, 4) is 0 Å². The number of rotatable bonds is 8. The monoisotopic (exact) mass is 628 g/mol. The number of carboxylic acid groups (broad SMARTS) is 2. The lowest BCUT2D eigenvalue weighted by atomic mass is 9.98. The molecule has 228 valence electrons. The Morgan fingerprint density at radius 2 is 1.25 bits per heavy atom. The first-order valence-corrected chi connectivity index (χ1v) is 15.4. The molecule has 10 heteroatoms. The fraction of sp³-hybridized carbons (Fsp3) is 0.294. The number of thiol groups is 2. The number of hydrogen-bond donors (Lipinski definition) is 6. The van der Waals surface area contributed by atoms with E-state index in [2.05, 4.69) is 42.2 Å². The van der Waals surface area contributed by atoms with Crippen LogP contribution < -0.4 is 0 Å². The van der Waals surface area contributed by atoms with E-state index < -0.39 is 11.9 Å². The molecule has 2 aliphatic rings. The summed E-state index contributed by atoms with van der Waals surface area (Å²) in [5.74, 6) is -1.79. The first-order valence-electron chi connectivity index (χ1n) is 14.4. The maximum absolute atomic E-state index is 11.6. The Kier molecular flexibility index (Phi) is 8.68. The van der Waals surface area contributed by atoms with E-state index in [0.717, 1.165) is 72.3 Å². The van der Waals surface area contributed by atoms with E-state index in [9.17, 15) is 19.8 Å². The molecule has 1 unspecified atom stereocenters. The fourth-order valence-electron chi connectivity index (χ4n) is 6.13. The molecule has 8 bridgehead atoms. The summed E-state index contributed by atoms with van der Waals surface area (Å²) in [6.07, 6.45) is 0.500. The molecule has 8 nitrogen and oxygen atoms in total. The molecule has 0 fully saturated rings. The van der Waals surface area contributed by atoms with Gasteiger partial charge < -0.3 is 20.2 Å². The predicted molar refractivity (Wildman–Crippen MR) is 185 cm³/mol. The van der Waals surface area contributed by atoms with Crippen LogP contribution in [0.4, 0.5) is 0 Å². The summed E-state index contributed by atoms with van der Waals surface area (Å²) in [5, 5.41) is 18.9. The lowest BCUT2D eigenvalue weighted by Crippen LogP contribution is -1.97. The second kappa shape index (κ2) is 12.2. The van der Waals surface area contributed by atoms with Crippen LogP contribution in [0.15, 0.2) is 30.8 Å². The molecule has 2 aliphatic heterocycles. The molecule has 0 aromatic carbocycles. The number of nitrogens with zero attached hydrogens (tertiary/aromatic N) is 2. The molecule has 0 saturated carbocycles. The van der Waals surface area contributed by atoms with Gasteiger partial charge in [-0.1, -0.05) is 6.58 Å². The summed E-state index contributed by atoms with van der Waals surface area (Å²) in [6.45, 7) is 14.1. The first-order chi connectivity index (χ1) is 20.8. The van der Waals surface area contributed by atoms with Gasteiger partial charge in [0, 0.05) is 50.6 Å². The number of aromatic amines is 2. The minimum absolute atomic E-state index is 0.0438. The van der Waals surface area contributed by atoms with Gasteiger partial charge in [0.15, 0.2) is 0 Å². The molecule has 44 heavy (non-hydrogen) atoms. The number of aromatic nitrogens is 4. The Hall–Kier alpha value is -4.02. The zero-order valence-corrected chi connectivity index (χ0v) is 27.2. The van der Waals surface area contributed by atoms with Gasteiger partial charge in [0.2, 0.25) is 0 Å². The summed E-state index contributed by atoms with van der Waals surface area (Å²) in [4.78, 5) is 40.8. The number of carboxylic acids is 2. The highest BCUT2D eigenvalue weighted by molar-refractivity contribution is 7.90. The quantitative estimate of drug-likeness (QED) is 0.139. The van der Waals surface area contributed by atoms with E-state index in [0.29, 0.717) is 34.8 Å². The largest absolute Gasteiger partial charge is 0.481 e. The highest BCUT2D eigenvalue weighted by Crippen LogP contribution is 2.39. The lowest BCUT2D eigenvalue weighted by Gasteiger charge is -2.05. The molecule has 0 amide bonds. The number of H-pyrrole nitrogens is 2. The van der Waals surface area contributed by atoms with Gasteiger partial charge in [-0.3, -0.25) is 9.59 Å². The van der Waals surface area contributed by atoms with Crippen LogP contribution in [0.3, 0.4) is 0 Å². The van der Waals surface area contributed by atoms with E-state index in [-0.39, 0.29) is 18.1 Å². The van der Waals surface area contributed by atoms with Crippen molar-refractivity contribution in [2.75, 3.05) is 0 Å². The summed E-state index contributed by atoms with van der Waals surface area (Å²) >= 11 is 9.43. The zero-order chi connectivity index (χ0) is 32.0. The van der Waals surface area contributed by atoms with Crippen LogP contribution in [0.2, 0.25) is 0 Å². The van der Waals surface area contributed by atoms with Gasteiger partial charge in [0.25, 0.3) is 0 Å². The Balaban J connectivity index is 1.96. The van der Waals surface area contributed by atoms with E-state index in [1.165, 1.54) is 0 Å². The molecule has 5 heterocycles. The summed E-state index contributed by atoms with van der Waals surface area (Å²) in [6, 6.07) is 7.88. The van der Waals surface area contributed by atoms with Crippen LogP contribution in [0.5, 0.6) is 0 Å². The van der Waals surface area contributed by atoms with Gasteiger partial charge in [-0.15, -0.1) is 12.6 Å². The standard InChI is InChI=1S/C34H36N4O4S2/c1-15-21(7-9-31(39)40)27-14-28-22(8-10-32(41)42)16(2)24(36-28)12-29-34(20(6)44)18(4)26(38-29)13-30-33(19(5)43)17(3)25(37-30)11-23(15)35-27/h11-14,19,37-38,43-44H,6-10H2,1-5H3,(H,39,40)(H,41,42). The number of fused-ring (bicyclic) bond motifs is 8. The maximum atomic E-state index is 11.6. The van der Waals surface area contributed by atoms with E-state index in [4.69, 9.17) is 22.6 Å². The summed E-state index contributed by atoms with van der Waals surface area (Å²) < 4.78 is 0. The third-order valence-corrected chi connectivity index (χ3v) is 8.95. The van der Waals surface area contributed by atoms with Gasteiger partial charge in [-0.05, 0) is 111 Å². The average Bonchev–Trinajstić information content (AvgIpc) is 3.59. The summed E-state index contributed by atoms with van der Waals surface area (Å²) in [5.41, 5.74) is 13.5. The van der Waals surface area contributed by atoms with Crippen molar-refractivity contribution in [3.05, 3.63) is 75.9 Å². The molecule has 4 N–H and O–H groups in total. The second-order valence-corrected chi connectivity index (χ2v) is 12.7. The van der Waals surface area contributed by atoms with E-state index in [1.807, 2.05) is 45.9 Å². The van der Waals surface area contributed by atoms with Gasteiger partial charge in [0.05, 0.1) is 22.8 Å². The number of aryl methyl sites for hydroxylation is 2. The topological polar surface area (TPSA) is 132 Å². The van der Waals surface area contributed by atoms with Gasteiger partial charge in [-0.2, -0.15) is 12.6 Å². The van der Waals surface area contributed by atoms with Crippen LogP contribution in [0.1, 0.15) is 96.7 Å². The lowest BCUT2D eigenvalue weighted by molar-refractivity contribution is -0.137. The smallest absolute Gasteiger partial charge is 0.303 e. The normalized spacial score (nSPS) is 13.9. The third kappa shape index (κ3) is 5.88. The molecule has 0 aliphatic carbocycles. The zero-order valence-electron chi connectivity index (χ0n) is 25.4. The van der Waals surface area contributed by atoms with Crippen molar-refractivity contribution >= 4 is 86.5 Å². The molecular formula is C34H36N4O4S2. The van der Waals surface area contributed by atoms with Crippen LogP contribution >= 0.6 is 25.3 Å². The maximum Gasteiger partial charge on any atom is 0.303 e.